The Morgan fingerprint density at radius 1 is 1.06 bits per heavy atom. The van der Waals surface area contributed by atoms with Gasteiger partial charge in [-0.25, -0.2) is 0 Å². The van der Waals surface area contributed by atoms with Crippen LogP contribution in [0.2, 0.25) is 0 Å². The van der Waals surface area contributed by atoms with Gasteiger partial charge in [-0.15, -0.1) is 11.3 Å². The molecule has 0 aliphatic rings. The fraction of sp³-hybridized carbons (Fsp3) is 0.185. The lowest BCUT2D eigenvalue weighted by Gasteiger charge is -2.18. The first-order valence-electron chi connectivity index (χ1n) is 10.9. The molecule has 0 spiro atoms. The number of hydrogen-bond acceptors (Lipinski definition) is 4. The van der Waals surface area contributed by atoms with Crippen LogP contribution in [0.15, 0.2) is 70.4 Å². The van der Waals surface area contributed by atoms with Gasteiger partial charge >= 0.3 is 6.18 Å². The molecule has 0 aliphatic carbocycles. The van der Waals surface area contributed by atoms with Crippen molar-refractivity contribution in [3.63, 3.8) is 0 Å². The summed E-state index contributed by atoms with van der Waals surface area (Å²) >= 11 is 0.305. The van der Waals surface area contributed by atoms with E-state index in [1.54, 1.807) is 24.5 Å². The summed E-state index contributed by atoms with van der Waals surface area (Å²) in [5, 5.41) is 9.45. The van der Waals surface area contributed by atoms with Gasteiger partial charge in [0.25, 0.3) is 5.56 Å². The maximum Gasteiger partial charge on any atom is 0.417 e. The molecule has 0 radical (unpaired) electrons. The Labute approximate surface area is 213 Å². The Morgan fingerprint density at radius 2 is 1.78 bits per heavy atom. The summed E-state index contributed by atoms with van der Waals surface area (Å²) in [5.41, 5.74) is 0.462. The van der Waals surface area contributed by atoms with Gasteiger partial charge in [0.05, 0.1) is 22.7 Å². The van der Waals surface area contributed by atoms with Crippen molar-refractivity contribution in [1.29, 1.82) is 5.26 Å². The fourth-order valence-corrected chi connectivity index (χ4v) is 5.60. The second-order valence-electron chi connectivity index (χ2n) is 8.42. The molecule has 0 aliphatic heterocycles. The van der Waals surface area contributed by atoms with Crippen LogP contribution < -0.4 is 5.56 Å². The lowest BCUT2D eigenvalue weighted by Crippen LogP contribution is -2.28. The zero-order valence-electron chi connectivity index (χ0n) is 19.7. The minimum atomic E-state index is -4.86. The molecule has 1 N–H and O–H groups in total. The van der Waals surface area contributed by atoms with Gasteiger partial charge in [0.1, 0.15) is 17.9 Å². The lowest BCUT2D eigenvalue weighted by molar-refractivity contribution is -0.137. The highest BCUT2D eigenvalue weighted by Crippen LogP contribution is 2.38. The van der Waals surface area contributed by atoms with E-state index in [9.17, 15) is 27.8 Å². The minimum absolute atomic E-state index is 0.0267. The Hall–Kier alpha value is -3.32. The predicted octanol–water partition coefficient (Wildman–Crippen LogP) is 6.88. The van der Waals surface area contributed by atoms with Crippen LogP contribution in [-0.4, -0.2) is 15.4 Å². The van der Waals surface area contributed by atoms with Crippen molar-refractivity contribution in [3.8, 4) is 27.1 Å². The molecular formula is C27H22F3N2O2S2+. The standard InChI is InChI=1S/C27H22F3N2O2S2/c1-16-7-8-19(17(2)11-16)15-32-23(13-22(27(28,29)30)21(14-31)26(32)33)25-10-9-24(35-25)18-5-4-6-20(12-18)36(3)34/h4-13,34H,15H2,1-3H3/q+1. The number of benzene rings is 2. The van der Waals surface area contributed by atoms with Crippen LogP contribution in [0.5, 0.6) is 0 Å². The minimum Gasteiger partial charge on any atom is -0.302 e. The number of halogens is 3. The summed E-state index contributed by atoms with van der Waals surface area (Å²) in [4.78, 5) is 15.2. The molecule has 0 saturated heterocycles. The van der Waals surface area contributed by atoms with E-state index in [1.165, 1.54) is 22.0 Å². The van der Waals surface area contributed by atoms with Gasteiger partial charge < -0.3 is 4.57 Å². The molecule has 0 fully saturated rings. The molecular weight excluding hydrogens is 505 g/mol. The summed E-state index contributed by atoms with van der Waals surface area (Å²) in [6, 6.07) is 18.8. The zero-order valence-corrected chi connectivity index (χ0v) is 21.3. The number of hydrogen-bond donors (Lipinski definition) is 1. The van der Waals surface area contributed by atoms with Gasteiger partial charge in [-0.05, 0) is 54.8 Å². The predicted molar refractivity (Wildman–Crippen MR) is 138 cm³/mol. The van der Waals surface area contributed by atoms with Gasteiger partial charge in [-0.1, -0.05) is 35.9 Å². The van der Waals surface area contributed by atoms with Crippen molar-refractivity contribution in [2.24, 2.45) is 0 Å². The maximum absolute atomic E-state index is 13.8. The second-order valence-corrected chi connectivity index (χ2v) is 10.9. The molecule has 4 rings (SSSR count). The molecule has 2 heterocycles. The molecule has 184 valence electrons. The third-order valence-corrected chi connectivity index (χ3v) is 7.96. The molecule has 4 nitrogen and oxygen atoms in total. The van der Waals surface area contributed by atoms with E-state index in [0.29, 0.717) is 4.88 Å². The molecule has 4 aromatic rings. The van der Waals surface area contributed by atoms with E-state index in [0.717, 1.165) is 38.1 Å². The van der Waals surface area contributed by atoms with Crippen molar-refractivity contribution in [1.82, 2.24) is 4.57 Å². The molecule has 9 heteroatoms. The molecule has 0 saturated carbocycles. The Bertz CT molecular complexity index is 1550. The van der Waals surface area contributed by atoms with Gasteiger partial charge in [-0.3, -0.25) is 4.79 Å². The first kappa shape index (κ1) is 25.8. The molecule has 36 heavy (non-hydrogen) atoms. The van der Waals surface area contributed by atoms with Crippen LogP contribution in [0, 0.1) is 25.2 Å². The number of thiophene rings is 1. The first-order chi connectivity index (χ1) is 17.0. The van der Waals surface area contributed by atoms with Crippen LogP contribution in [-0.2, 0) is 23.9 Å². The average Bonchev–Trinajstić information content (AvgIpc) is 3.31. The molecule has 2 aromatic carbocycles. The van der Waals surface area contributed by atoms with Crippen LogP contribution in [0.25, 0.3) is 21.0 Å². The van der Waals surface area contributed by atoms with E-state index >= 15 is 0 Å². The normalized spacial score (nSPS) is 12.4. The van der Waals surface area contributed by atoms with E-state index in [4.69, 9.17) is 0 Å². The highest BCUT2D eigenvalue weighted by Gasteiger charge is 2.36. The van der Waals surface area contributed by atoms with E-state index in [-0.39, 0.29) is 12.2 Å². The largest absolute Gasteiger partial charge is 0.417 e. The summed E-state index contributed by atoms with van der Waals surface area (Å²) in [7, 11) is 0. The van der Waals surface area contributed by atoms with Gasteiger partial charge in [0.15, 0.2) is 16.1 Å². The summed E-state index contributed by atoms with van der Waals surface area (Å²) in [6.45, 7) is 3.83. The number of pyridine rings is 1. The summed E-state index contributed by atoms with van der Waals surface area (Å²) in [5.74, 6) is 0. The Morgan fingerprint density at radius 3 is 2.42 bits per heavy atom. The topological polar surface area (TPSA) is 66.0 Å². The van der Waals surface area contributed by atoms with Gasteiger partial charge in [0, 0.05) is 10.9 Å². The summed E-state index contributed by atoms with van der Waals surface area (Å²) < 4.78 is 52.7. The molecule has 2 aromatic heterocycles. The number of nitrogens with zero attached hydrogens (tertiary/aromatic N) is 2. The van der Waals surface area contributed by atoms with Crippen LogP contribution in [0.4, 0.5) is 13.2 Å². The molecule has 0 bridgehead atoms. The lowest BCUT2D eigenvalue weighted by atomic mass is 10.0. The maximum atomic E-state index is 13.8. The van der Waals surface area contributed by atoms with Crippen LogP contribution in [0.1, 0.15) is 27.8 Å². The quantitative estimate of drug-likeness (QED) is 0.288. The smallest absolute Gasteiger partial charge is 0.302 e. The van der Waals surface area contributed by atoms with Crippen molar-refractivity contribution in [2.45, 2.75) is 31.5 Å². The van der Waals surface area contributed by atoms with Gasteiger partial charge in [-0.2, -0.15) is 23.0 Å². The first-order valence-corrected chi connectivity index (χ1v) is 13.3. The van der Waals surface area contributed by atoms with Crippen molar-refractivity contribution < 1.29 is 17.7 Å². The number of aromatic nitrogens is 1. The number of rotatable bonds is 5. The van der Waals surface area contributed by atoms with Crippen LogP contribution in [0.3, 0.4) is 0 Å². The number of nitriles is 1. The highest BCUT2D eigenvalue weighted by atomic mass is 32.2. The number of alkyl halides is 3. The van der Waals surface area contributed by atoms with E-state index in [1.807, 2.05) is 50.2 Å². The monoisotopic (exact) mass is 527 g/mol. The van der Waals surface area contributed by atoms with Gasteiger partial charge in [0.2, 0.25) is 0 Å². The van der Waals surface area contributed by atoms with Crippen molar-refractivity contribution >= 4 is 22.5 Å². The highest BCUT2D eigenvalue weighted by molar-refractivity contribution is 7.90. The Balaban J connectivity index is 1.92. The van der Waals surface area contributed by atoms with Crippen molar-refractivity contribution in [3.05, 3.63) is 98.8 Å². The number of aryl methyl sites for hydroxylation is 2. The third kappa shape index (κ3) is 5.12. The zero-order chi connectivity index (χ0) is 26.2. The average molecular weight is 528 g/mol. The molecule has 0 amide bonds. The third-order valence-electron chi connectivity index (χ3n) is 5.86. The second kappa shape index (κ2) is 9.97. The molecule has 1 unspecified atom stereocenters. The van der Waals surface area contributed by atoms with Crippen LogP contribution >= 0.6 is 11.3 Å². The van der Waals surface area contributed by atoms with E-state index in [2.05, 4.69) is 0 Å². The Kier molecular flexibility index (Phi) is 7.14. The van der Waals surface area contributed by atoms with E-state index < -0.39 is 34.0 Å². The fourth-order valence-electron chi connectivity index (χ4n) is 4.00. The van der Waals surface area contributed by atoms with Crippen molar-refractivity contribution in [2.75, 3.05) is 6.26 Å². The summed E-state index contributed by atoms with van der Waals surface area (Å²) in [6.07, 6.45) is -3.18. The SMILES string of the molecule is Cc1ccc(Cn2c(-c3ccc(-c4cccc([S+](C)O)c4)s3)cc(C(F)(F)F)c(C#N)c2=O)c(C)c1. The molecule has 1 atom stereocenters.